The Kier molecular flexibility index (Phi) is 3.92. The molecule has 0 fully saturated rings. The Hall–Kier alpha value is -1.06. The fourth-order valence-corrected chi connectivity index (χ4v) is 1.33. The van der Waals surface area contributed by atoms with Crippen molar-refractivity contribution in [2.45, 2.75) is 6.42 Å². The van der Waals surface area contributed by atoms with Gasteiger partial charge in [-0.25, -0.2) is 0 Å². The predicted molar refractivity (Wildman–Crippen MR) is 56.0 cm³/mol. The summed E-state index contributed by atoms with van der Waals surface area (Å²) in [6.45, 7) is 0.326. The topological polar surface area (TPSA) is 52.3 Å². The number of ether oxygens (including phenoxy) is 1. The lowest BCUT2D eigenvalue weighted by Gasteiger charge is -2.05. The second-order valence-electron chi connectivity index (χ2n) is 2.81. The summed E-state index contributed by atoms with van der Waals surface area (Å²) in [6, 6.07) is 4.98. The molecule has 0 atom stereocenters. The minimum atomic E-state index is -0.0589. The van der Waals surface area contributed by atoms with Gasteiger partial charge in [-0.15, -0.1) is 0 Å². The number of Topliss-reactive ketones (excluding diaryl/α,β-unsaturated/α-hetero) is 1. The molecule has 0 amide bonds. The van der Waals surface area contributed by atoms with Gasteiger partial charge in [0, 0.05) is 12.0 Å². The predicted octanol–water partition coefficient (Wildman–Crippen LogP) is 1.88. The maximum absolute atomic E-state index is 11.5. The fraction of sp³-hybridized carbons (Fsp3) is 0.300. The molecule has 1 rings (SSSR count). The number of ketones is 1. The Morgan fingerprint density at radius 3 is 2.86 bits per heavy atom. The van der Waals surface area contributed by atoms with Crippen molar-refractivity contribution >= 4 is 17.4 Å². The first kappa shape index (κ1) is 11.0. The molecule has 0 heterocycles. The van der Waals surface area contributed by atoms with Crippen molar-refractivity contribution in [1.82, 2.24) is 0 Å². The summed E-state index contributed by atoms with van der Waals surface area (Å²) in [6.07, 6.45) is 0.298. The van der Waals surface area contributed by atoms with Crippen LogP contribution in [0.3, 0.4) is 0 Å². The first-order valence-electron chi connectivity index (χ1n) is 4.26. The molecule has 0 saturated carbocycles. The minimum absolute atomic E-state index is 0.0589. The quantitative estimate of drug-likeness (QED) is 0.777. The zero-order valence-corrected chi connectivity index (χ0v) is 8.67. The average Bonchev–Trinajstić information content (AvgIpc) is 2.19. The Balaban J connectivity index is 2.99. The van der Waals surface area contributed by atoms with E-state index in [1.54, 1.807) is 25.3 Å². The van der Waals surface area contributed by atoms with E-state index in [1.807, 2.05) is 0 Å². The largest absolute Gasteiger partial charge is 0.497 e. The molecule has 0 aliphatic carbocycles. The van der Waals surface area contributed by atoms with E-state index in [0.717, 1.165) is 0 Å². The summed E-state index contributed by atoms with van der Waals surface area (Å²) in [4.78, 5) is 11.5. The van der Waals surface area contributed by atoms with Crippen molar-refractivity contribution in [2.75, 3.05) is 13.7 Å². The summed E-state index contributed by atoms with van der Waals surface area (Å²) in [5, 5.41) is 0.434. The SMILES string of the molecule is COc1ccc(Cl)c(C(=O)CCN)c1. The van der Waals surface area contributed by atoms with Crippen LogP contribution in [0.1, 0.15) is 16.8 Å². The number of carbonyl (C=O) groups is 1. The number of methoxy groups -OCH3 is 1. The van der Waals surface area contributed by atoms with Crippen molar-refractivity contribution in [3.63, 3.8) is 0 Å². The van der Waals surface area contributed by atoms with Crippen LogP contribution in [-0.4, -0.2) is 19.4 Å². The van der Waals surface area contributed by atoms with Crippen LogP contribution in [0.25, 0.3) is 0 Å². The molecule has 0 radical (unpaired) electrons. The van der Waals surface area contributed by atoms with E-state index in [0.29, 0.717) is 29.3 Å². The Bertz CT molecular complexity index is 339. The van der Waals surface area contributed by atoms with Crippen molar-refractivity contribution in [1.29, 1.82) is 0 Å². The van der Waals surface area contributed by atoms with Crippen LogP contribution < -0.4 is 10.5 Å². The molecule has 0 saturated heterocycles. The van der Waals surface area contributed by atoms with E-state index in [1.165, 1.54) is 0 Å². The van der Waals surface area contributed by atoms with Gasteiger partial charge in [-0.3, -0.25) is 4.79 Å². The smallest absolute Gasteiger partial charge is 0.165 e. The molecule has 0 spiro atoms. The first-order valence-corrected chi connectivity index (χ1v) is 4.63. The molecular weight excluding hydrogens is 202 g/mol. The minimum Gasteiger partial charge on any atom is -0.497 e. The highest BCUT2D eigenvalue weighted by molar-refractivity contribution is 6.34. The van der Waals surface area contributed by atoms with Crippen LogP contribution in [0.2, 0.25) is 5.02 Å². The van der Waals surface area contributed by atoms with Gasteiger partial charge < -0.3 is 10.5 Å². The molecule has 2 N–H and O–H groups in total. The highest BCUT2D eigenvalue weighted by Crippen LogP contribution is 2.22. The van der Waals surface area contributed by atoms with Gasteiger partial charge in [-0.05, 0) is 24.7 Å². The maximum Gasteiger partial charge on any atom is 0.165 e. The second-order valence-corrected chi connectivity index (χ2v) is 3.21. The lowest BCUT2D eigenvalue weighted by atomic mass is 10.1. The van der Waals surface area contributed by atoms with E-state index in [4.69, 9.17) is 22.1 Å². The van der Waals surface area contributed by atoms with Gasteiger partial charge in [0.1, 0.15) is 5.75 Å². The summed E-state index contributed by atoms with van der Waals surface area (Å²) in [5.41, 5.74) is 5.76. The van der Waals surface area contributed by atoms with Gasteiger partial charge in [-0.2, -0.15) is 0 Å². The average molecular weight is 214 g/mol. The van der Waals surface area contributed by atoms with Crippen LogP contribution in [-0.2, 0) is 0 Å². The summed E-state index contributed by atoms with van der Waals surface area (Å²) in [7, 11) is 1.54. The number of rotatable bonds is 4. The maximum atomic E-state index is 11.5. The zero-order valence-electron chi connectivity index (χ0n) is 7.92. The molecule has 0 aliphatic heterocycles. The van der Waals surface area contributed by atoms with Gasteiger partial charge in [0.15, 0.2) is 5.78 Å². The number of nitrogens with two attached hydrogens (primary N) is 1. The van der Waals surface area contributed by atoms with Crippen LogP contribution in [0, 0.1) is 0 Å². The molecule has 0 unspecified atom stereocenters. The molecule has 1 aromatic rings. The Morgan fingerprint density at radius 2 is 2.29 bits per heavy atom. The van der Waals surface area contributed by atoms with Crippen LogP contribution in [0.5, 0.6) is 5.75 Å². The van der Waals surface area contributed by atoms with Gasteiger partial charge in [0.2, 0.25) is 0 Å². The number of benzene rings is 1. The van der Waals surface area contributed by atoms with Gasteiger partial charge in [-0.1, -0.05) is 11.6 Å². The van der Waals surface area contributed by atoms with Crippen molar-refractivity contribution < 1.29 is 9.53 Å². The molecule has 0 aliphatic rings. The van der Waals surface area contributed by atoms with Gasteiger partial charge >= 0.3 is 0 Å². The molecule has 76 valence electrons. The van der Waals surface area contributed by atoms with Crippen molar-refractivity contribution in [3.05, 3.63) is 28.8 Å². The third kappa shape index (κ3) is 2.47. The molecular formula is C10H12ClNO2. The Morgan fingerprint density at radius 1 is 1.57 bits per heavy atom. The molecule has 1 aromatic carbocycles. The monoisotopic (exact) mass is 213 g/mol. The van der Waals surface area contributed by atoms with E-state index in [9.17, 15) is 4.79 Å². The molecule has 3 nitrogen and oxygen atoms in total. The van der Waals surface area contributed by atoms with Gasteiger partial charge in [0.05, 0.1) is 12.1 Å². The van der Waals surface area contributed by atoms with E-state index in [-0.39, 0.29) is 5.78 Å². The number of halogens is 1. The van der Waals surface area contributed by atoms with Crippen molar-refractivity contribution in [3.8, 4) is 5.75 Å². The van der Waals surface area contributed by atoms with E-state index >= 15 is 0 Å². The van der Waals surface area contributed by atoms with Gasteiger partial charge in [0.25, 0.3) is 0 Å². The number of hydrogen-bond donors (Lipinski definition) is 1. The van der Waals surface area contributed by atoms with E-state index < -0.39 is 0 Å². The van der Waals surface area contributed by atoms with Crippen LogP contribution in [0.15, 0.2) is 18.2 Å². The first-order chi connectivity index (χ1) is 6.69. The number of hydrogen-bond acceptors (Lipinski definition) is 3. The van der Waals surface area contributed by atoms with Crippen LogP contribution >= 0.6 is 11.6 Å². The highest BCUT2D eigenvalue weighted by Gasteiger charge is 2.10. The fourth-order valence-electron chi connectivity index (χ4n) is 1.11. The third-order valence-corrected chi connectivity index (χ3v) is 2.17. The van der Waals surface area contributed by atoms with Crippen LogP contribution in [0.4, 0.5) is 0 Å². The van der Waals surface area contributed by atoms with Crippen molar-refractivity contribution in [2.24, 2.45) is 5.73 Å². The summed E-state index contributed by atoms with van der Waals surface area (Å²) in [5.74, 6) is 0.561. The summed E-state index contributed by atoms with van der Waals surface area (Å²) < 4.78 is 5.00. The molecule has 0 bridgehead atoms. The summed E-state index contributed by atoms with van der Waals surface area (Å²) >= 11 is 5.87. The molecule has 14 heavy (non-hydrogen) atoms. The normalized spacial score (nSPS) is 9.93. The van der Waals surface area contributed by atoms with E-state index in [2.05, 4.69) is 0 Å². The lowest BCUT2D eigenvalue weighted by Crippen LogP contribution is -2.08. The third-order valence-electron chi connectivity index (χ3n) is 1.85. The molecule has 0 aromatic heterocycles. The Labute approximate surface area is 87.8 Å². The second kappa shape index (κ2) is 4.98. The standard InChI is InChI=1S/C10H12ClNO2/c1-14-7-2-3-9(11)8(6-7)10(13)4-5-12/h2-3,6H,4-5,12H2,1H3. The highest BCUT2D eigenvalue weighted by atomic mass is 35.5. The number of carbonyl (C=O) groups excluding carboxylic acids is 1. The molecule has 4 heteroatoms. The lowest BCUT2D eigenvalue weighted by molar-refractivity contribution is 0.0985. The zero-order chi connectivity index (χ0) is 10.6.